The maximum absolute atomic E-state index is 3.45. The Morgan fingerprint density at radius 2 is 1.10 bits per heavy atom. The summed E-state index contributed by atoms with van der Waals surface area (Å²) in [6.45, 7) is 4.53. The minimum atomic E-state index is 0.450. The van der Waals surface area contributed by atoms with Crippen LogP contribution in [0.25, 0.3) is 0 Å². The van der Waals surface area contributed by atoms with Crippen LogP contribution in [0.1, 0.15) is 132 Å². The van der Waals surface area contributed by atoms with E-state index in [1.165, 1.54) is 88.2 Å². The average Bonchev–Trinajstić information content (AvgIpc) is 2.99. The summed E-state index contributed by atoms with van der Waals surface area (Å²) in [5.74, 6) is 17.6. The van der Waals surface area contributed by atoms with Crippen LogP contribution in [0.5, 0.6) is 0 Å². The third-order valence-corrected chi connectivity index (χ3v) is 13.6. The van der Waals surface area contributed by atoms with Crippen molar-refractivity contribution in [1.29, 1.82) is 0 Å². The fourth-order valence-corrected chi connectivity index (χ4v) is 12.4. The van der Waals surface area contributed by atoms with Gasteiger partial charge in [-0.3, -0.25) is 0 Å². The summed E-state index contributed by atoms with van der Waals surface area (Å²) >= 11 is 0. The van der Waals surface area contributed by atoms with Crippen molar-refractivity contribution >= 4 is 0 Å². The molecule has 9 saturated carbocycles. The number of unbranched alkanes of at least 4 members (excludes halogenated alkanes) is 6. The Morgan fingerprint density at radius 1 is 0.585 bits per heavy atom. The molecule has 0 saturated heterocycles. The predicted octanol–water partition coefficient (Wildman–Crippen LogP) is 9.98. The summed E-state index contributed by atoms with van der Waals surface area (Å²) in [5.41, 5.74) is 7.94. The van der Waals surface area contributed by atoms with Crippen molar-refractivity contribution < 1.29 is 0 Å². The Bertz CT molecular complexity index is 1380. The molecule has 0 amide bonds. The van der Waals surface area contributed by atoms with E-state index in [0.29, 0.717) is 21.7 Å². The quantitative estimate of drug-likeness (QED) is 0.231. The molecule has 41 heavy (non-hydrogen) atoms. The Labute approximate surface area is 249 Å². The third kappa shape index (κ3) is 3.68. The van der Waals surface area contributed by atoms with Gasteiger partial charge in [0.05, 0.1) is 0 Å². The molecule has 2 unspecified atom stereocenters. The molecule has 0 nitrogen and oxygen atoms in total. The highest BCUT2D eigenvalue weighted by molar-refractivity contribution is 5.48. The van der Waals surface area contributed by atoms with Crippen molar-refractivity contribution in [3.8, 4) is 23.7 Å². The first kappa shape index (κ1) is 26.2. The molecule has 9 fully saturated rings. The summed E-state index contributed by atoms with van der Waals surface area (Å²) in [7, 11) is 0. The van der Waals surface area contributed by atoms with Crippen molar-refractivity contribution in [3.05, 3.63) is 70.8 Å². The van der Waals surface area contributed by atoms with Gasteiger partial charge >= 0.3 is 0 Å². The zero-order valence-electron chi connectivity index (χ0n) is 25.5. The first-order chi connectivity index (χ1) is 20.1. The molecule has 9 aliphatic carbocycles. The van der Waals surface area contributed by atoms with Gasteiger partial charge in [-0.05, 0) is 139 Å². The highest BCUT2D eigenvalue weighted by Gasteiger charge is 2.86. The van der Waals surface area contributed by atoms with Crippen LogP contribution >= 0.6 is 0 Å². The van der Waals surface area contributed by atoms with E-state index < -0.39 is 0 Å². The van der Waals surface area contributed by atoms with Crippen LogP contribution < -0.4 is 0 Å². The van der Waals surface area contributed by atoms with E-state index in [2.05, 4.69) is 86.1 Å². The number of benzene rings is 2. The van der Waals surface area contributed by atoms with Gasteiger partial charge in [0.1, 0.15) is 0 Å². The molecule has 0 N–H and O–H groups in total. The highest BCUT2D eigenvalue weighted by Crippen LogP contribution is 2.93. The molecule has 0 heteroatoms. The lowest BCUT2D eigenvalue weighted by atomic mass is 9.13. The van der Waals surface area contributed by atoms with Crippen LogP contribution in [-0.2, 0) is 10.8 Å². The van der Waals surface area contributed by atoms with Gasteiger partial charge in [0.25, 0.3) is 0 Å². The van der Waals surface area contributed by atoms with Crippen molar-refractivity contribution in [2.75, 3.05) is 0 Å². The normalized spacial score (nSPS) is 39.6. The lowest BCUT2D eigenvalue weighted by Crippen LogP contribution is -2.85. The lowest BCUT2D eigenvalue weighted by Gasteiger charge is -2.91. The van der Waals surface area contributed by atoms with Crippen molar-refractivity contribution in [3.63, 3.8) is 0 Å². The Morgan fingerprint density at radius 3 is 1.61 bits per heavy atom. The topological polar surface area (TPSA) is 0 Å². The summed E-state index contributed by atoms with van der Waals surface area (Å²) in [4.78, 5) is 0. The molecule has 0 heterocycles. The molecule has 212 valence electrons. The van der Waals surface area contributed by atoms with Gasteiger partial charge in [-0.15, -0.1) is 0 Å². The molecule has 0 aliphatic heterocycles. The molecule has 2 aromatic rings. The maximum atomic E-state index is 3.45. The summed E-state index contributed by atoms with van der Waals surface area (Å²) in [6.07, 6.45) is 20.1. The first-order valence-electron chi connectivity index (χ1n) is 17.3. The number of hydrogen-bond acceptors (Lipinski definition) is 0. The third-order valence-electron chi connectivity index (χ3n) is 13.6. The molecule has 0 radical (unpaired) electrons. The van der Waals surface area contributed by atoms with Crippen LogP contribution in [0.15, 0.2) is 48.5 Å². The van der Waals surface area contributed by atoms with E-state index in [1.807, 2.05) is 0 Å². The van der Waals surface area contributed by atoms with Crippen LogP contribution in [0, 0.1) is 58.2 Å². The molecule has 8 bridgehead atoms. The molecule has 4 atom stereocenters. The SMILES string of the molecule is CCCCCC#Cc1ccc(C23CC4C56CC7(c8ccc(C#CCCCCC)cc8)CC([C@H]5C2)[C@@H](C3)C4(C7)C6)cc1. The van der Waals surface area contributed by atoms with Gasteiger partial charge in [0.2, 0.25) is 0 Å². The van der Waals surface area contributed by atoms with Gasteiger partial charge < -0.3 is 0 Å². The van der Waals surface area contributed by atoms with E-state index in [1.54, 1.807) is 17.5 Å². The Kier molecular flexibility index (Phi) is 6.10. The molecule has 0 aromatic heterocycles. The van der Waals surface area contributed by atoms with Crippen LogP contribution in [0.3, 0.4) is 0 Å². The molecule has 9 aliphatic rings. The highest BCUT2D eigenvalue weighted by atomic mass is 14.9. The maximum Gasteiger partial charge on any atom is 0.0245 e. The van der Waals surface area contributed by atoms with Crippen molar-refractivity contribution in [2.45, 2.75) is 121 Å². The fraction of sp³-hybridized carbons (Fsp3) is 0.610. The monoisotopic (exact) mass is 540 g/mol. The van der Waals surface area contributed by atoms with Crippen molar-refractivity contribution in [1.82, 2.24) is 0 Å². The summed E-state index contributed by atoms with van der Waals surface area (Å²) in [5, 5.41) is 0. The van der Waals surface area contributed by atoms with E-state index in [9.17, 15) is 0 Å². The van der Waals surface area contributed by atoms with Crippen LogP contribution in [0.2, 0.25) is 0 Å². The number of rotatable bonds is 8. The van der Waals surface area contributed by atoms with Gasteiger partial charge in [-0.25, -0.2) is 0 Å². The Balaban J connectivity index is 1.01. The minimum Gasteiger partial charge on any atom is -0.0979 e. The fourth-order valence-electron chi connectivity index (χ4n) is 12.4. The predicted molar refractivity (Wildman–Crippen MR) is 169 cm³/mol. The van der Waals surface area contributed by atoms with Crippen LogP contribution in [-0.4, -0.2) is 0 Å². The average molecular weight is 541 g/mol. The zero-order valence-corrected chi connectivity index (χ0v) is 25.5. The smallest absolute Gasteiger partial charge is 0.0245 e. The standard InChI is InChI=1S/C41H48/c1-3-5-7-9-11-13-30-15-19-32(20-16-30)38-24-35-34-23-39(33-21-17-31(18-22-33)14-12-10-8-6-4-2)27-40(35)29-41(28-39,36(34)25-38)37(40)26-38/h15-22,34-37H,3-10,23-29H2,1-2H3/t34?,35-,36-,37?,38?,39?,40?,41?/m1/s1. The van der Waals surface area contributed by atoms with Gasteiger partial charge in [-0.1, -0.05) is 87.5 Å². The van der Waals surface area contributed by atoms with Crippen LogP contribution in [0.4, 0.5) is 0 Å². The molecule has 2 aromatic carbocycles. The second kappa shape index (κ2) is 9.54. The molecule has 11 rings (SSSR count). The summed E-state index contributed by atoms with van der Waals surface area (Å²) < 4.78 is 0. The minimum absolute atomic E-state index is 0.450. The van der Waals surface area contributed by atoms with Gasteiger partial charge in [-0.2, -0.15) is 0 Å². The largest absolute Gasteiger partial charge is 0.0979 e. The molecular weight excluding hydrogens is 492 g/mol. The second-order valence-corrected chi connectivity index (χ2v) is 15.5. The second-order valence-electron chi connectivity index (χ2n) is 15.5. The summed E-state index contributed by atoms with van der Waals surface area (Å²) in [6, 6.07) is 19.3. The van der Waals surface area contributed by atoms with Crippen molar-refractivity contribution in [2.24, 2.45) is 34.5 Å². The molecular formula is C41H48. The van der Waals surface area contributed by atoms with E-state index >= 15 is 0 Å². The van der Waals surface area contributed by atoms with Gasteiger partial charge in [0, 0.05) is 24.0 Å². The lowest BCUT2D eigenvalue weighted by molar-refractivity contribution is -0.398. The first-order valence-corrected chi connectivity index (χ1v) is 17.3. The van der Waals surface area contributed by atoms with E-state index in [0.717, 1.165) is 36.5 Å². The van der Waals surface area contributed by atoms with E-state index in [4.69, 9.17) is 0 Å². The zero-order chi connectivity index (χ0) is 27.7. The molecule has 2 spiro atoms. The van der Waals surface area contributed by atoms with Gasteiger partial charge in [0.15, 0.2) is 0 Å². The van der Waals surface area contributed by atoms with E-state index in [-0.39, 0.29) is 0 Å². The number of hydrogen-bond donors (Lipinski definition) is 0. The Hall–Kier alpha value is -2.44.